The molecule has 0 saturated carbocycles. The van der Waals surface area contributed by atoms with Crippen molar-refractivity contribution < 1.29 is 4.79 Å². The Morgan fingerprint density at radius 2 is 2.39 bits per heavy atom. The Balaban J connectivity index is 1.71. The molecule has 7 heteroatoms. The van der Waals surface area contributed by atoms with Crippen molar-refractivity contribution in [2.75, 3.05) is 32.7 Å². The molecule has 2 heterocycles. The molecule has 1 aromatic heterocycles. The van der Waals surface area contributed by atoms with Gasteiger partial charge in [-0.2, -0.15) is 5.10 Å². The zero-order valence-electron chi connectivity index (χ0n) is 10.7. The van der Waals surface area contributed by atoms with Gasteiger partial charge in [0, 0.05) is 20.1 Å². The zero-order chi connectivity index (χ0) is 12.8. The maximum Gasteiger partial charge on any atom is 0.234 e. The lowest BCUT2D eigenvalue weighted by Gasteiger charge is -2.18. The van der Waals surface area contributed by atoms with E-state index in [1.165, 1.54) is 0 Å². The number of carbonyl (C=O) groups is 1. The monoisotopic (exact) mass is 252 g/mol. The van der Waals surface area contributed by atoms with Crippen LogP contribution in [0.25, 0.3) is 0 Å². The van der Waals surface area contributed by atoms with E-state index in [-0.39, 0.29) is 5.91 Å². The molecule has 0 spiro atoms. The first-order valence-corrected chi connectivity index (χ1v) is 6.28. The van der Waals surface area contributed by atoms with Crippen molar-refractivity contribution >= 4 is 5.91 Å². The van der Waals surface area contributed by atoms with Crippen LogP contribution >= 0.6 is 0 Å². The summed E-state index contributed by atoms with van der Waals surface area (Å²) in [5.41, 5.74) is 0. The molecule has 2 rings (SSSR count). The molecule has 0 aromatic carbocycles. The minimum absolute atomic E-state index is 0.0318. The standard InChI is InChI=1S/C11H20N6O/c1-16-9-14-10(15-16)7-13-11(18)8-17-5-2-3-12-4-6-17/h9,12H,2-8H2,1H3,(H,13,18). The second-order valence-corrected chi connectivity index (χ2v) is 4.49. The summed E-state index contributed by atoms with van der Waals surface area (Å²) in [7, 11) is 1.81. The number of nitrogens with one attached hydrogen (secondary N) is 2. The Labute approximate surface area is 107 Å². The summed E-state index contributed by atoms with van der Waals surface area (Å²) >= 11 is 0. The van der Waals surface area contributed by atoms with Crippen LogP contribution in [0, 0.1) is 0 Å². The van der Waals surface area contributed by atoms with Gasteiger partial charge in [0.1, 0.15) is 6.33 Å². The molecule has 1 amide bonds. The number of hydrogen-bond donors (Lipinski definition) is 2. The SMILES string of the molecule is Cn1cnc(CNC(=O)CN2CCCNCC2)n1. The fourth-order valence-corrected chi connectivity index (χ4v) is 1.96. The van der Waals surface area contributed by atoms with Gasteiger partial charge in [-0.25, -0.2) is 4.98 Å². The van der Waals surface area contributed by atoms with Gasteiger partial charge in [0.25, 0.3) is 0 Å². The van der Waals surface area contributed by atoms with Crippen LogP contribution in [0.5, 0.6) is 0 Å². The molecule has 0 radical (unpaired) electrons. The lowest BCUT2D eigenvalue weighted by Crippen LogP contribution is -2.38. The lowest BCUT2D eigenvalue weighted by molar-refractivity contribution is -0.122. The number of amides is 1. The molecule has 2 N–H and O–H groups in total. The maximum atomic E-state index is 11.8. The maximum absolute atomic E-state index is 11.8. The van der Waals surface area contributed by atoms with Crippen LogP contribution in [0.3, 0.4) is 0 Å². The van der Waals surface area contributed by atoms with E-state index in [1.807, 2.05) is 7.05 Å². The molecule has 1 fully saturated rings. The second-order valence-electron chi connectivity index (χ2n) is 4.49. The fourth-order valence-electron chi connectivity index (χ4n) is 1.96. The van der Waals surface area contributed by atoms with E-state index in [4.69, 9.17) is 0 Å². The summed E-state index contributed by atoms with van der Waals surface area (Å²) in [6.45, 7) is 4.74. The molecule has 0 aliphatic carbocycles. The molecule has 0 unspecified atom stereocenters. The smallest absolute Gasteiger partial charge is 0.234 e. The molecule has 18 heavy (non-hydrogen) atoms. The molecule has 1 saturated heterocycles. The highest BCUT2D eigenvalue weighted by Crippen LogP contribution is 1.95. The van der Waals surface area contributed by atoms with Crippen LogP contribution < -0.4 is 10.6 Å². The second kappa shape index (κ2) is 6.46. The average molecular weight is 252 g/mol. The number of rotatable bonds is 4. The van der Waals surface area contributed by atoms with Gasteiger partial charge in [-0.15, -0.1) is 0 Å². The lowest BCUT2D eigenvalue weighted by atomic mass is 10.4. The van der Waals surface area contributed by atoms with Crippen molar-refractivity contribution in [1.29, 1.82) is 0 Å². The average Bonchev–Trinajstić information content (AvgIpc) is 2.60. The van der Waals surface area contributed by atoms with E-state index in [0.29, 0.717) is 18.9 Å². The van der Waals surface area contributed by atoms with Crippen molar-refractivity contribution in [2.45, 2.75) is 13.0 Å². The molecule has 1 aliphatic rings. The fraction of sp³-hybridized carbons (Fsp3) is 0.727. The van der Waals surface area contributed by atoms with Gasteiger partial charge in [0.05, 0.1) is 13.1 Å². The Kier molecular flexibility index (Phi) is 4.66. The highest BCUT2D eigenvalue weighted by Gasteiger charge is 2.12. The third-order valence-corrected chi connectivity index (χ3v) is 2.89. The molecule has 100 valence electrons. The van der Waals surface area contributed by atoms with Crippen molar-refractivity contribution in [1.82, 2.24) is 30.3 Å². The minimum atomic E-state index is 0.0318. The Hall–Kier alpha value is -1.47. The summed E-state index contributed by atoms with van der Waals surface area (Å²) in [6.07, 6.45) is 2.72. The number of hydrogen-bond acceptors (Lipinski definition) is 5. The number of aromatic nitrogens is 3. The first-order chi connectivity index (χ1) is 8.74. The van der Waals surface area contributed by atoms with Crippen LogP contribution in [0.4, 0.5) is 0 Å². The van der Waals surface area contributed by atoms with Gasteiger partial charge in [-0.05, 0) is 19.5 Å². The molecule has 1 aromatic rings. The normalized spacial score (nSPS) is 17.4. The molecule has 0 bridgehead atoms. The van der Waals surface area contributed by atoms with Crippen molar-refractivity contribution in [2.24, 2.45) is 7.05 Å². The Bertz CT molecular complexity index is 383. The van der Waals surface area contributed by atoms with E-state index in [9.17, 15) is 4.79 Å². The molecule has 1 aliphatic heterocycles. The number of carbonyl (C=O) groups excluding carboxylic acids is 1. The van der Waals surface area contributed by atoms with Gasteiger partial charge in [-0.1, -0.05) is 0 Å². The third-order valence-electron chi connectivity index (χ3n) is 2.89. The van der Waals surface area contributed by atoms with E-state index < -0.39 is 0 Å². The summed E-state index contributed by atoms with van der Waals surface area (Å²) < 4.78 is 1.63. The van der Waals surface area contributed by atoms with E-state index in [1.54, 1.807) is 11.0 Å². The largest absolute Gasteiger partial charge is 0.348 e. The van der Waals surface area contributed by atoms with Gasteiger partial charge < -0.3 is 10.6 Å². The summed E-state index contributed by atoms with van der Waals surface area (Å²) in [5.74, 6) is 0.674. The van der Waals surface area contributed by atoms with Crippen LogP contribution in [0.2, 0.25) is 0 Å². The molecule has 0 atom stereocenters. The highest BCUT2D eigenvalue weighted by atomic mass is 16.2. The van der Waals surface area contributed by atoms with Crippen molar-refractivity contribution in [3.8, 4) is 0 Å². The van der Waals surface area contributed by atoms with Crippen molar-refractivity contribution in [3.05, 3.63) is 12.2 Å². The first kappa shape index (κ1) is 13.0. The van der Waals surface area contributed by atoms with Gasteiger partial charge in [0.2, 0.25) is 5.91 Å². The van der Waals surface area contributed by atoms with Gasteiger partial charge in [-0.3, -0.25) is 14.4 Å². The number of aryl methyl sites for hydroxylation is 1. The van der Waals surface area contributed by atoms with Crippen LogP contribution in [0.1, 0.15) is 12.2 Å². The van der Waals surface area contributed by atoms with Crippen LogP contribution in [-0.2, 0) is 18.4 Å². The van der Waals surface area contributed by atoms with E-state index in [2.05, 4.69) is 25.6 Å². The molecular weight excluding hydrogens is 232 g/mol. The predicted octanol–water partition coefficient (Wildman–Crippen LogP) is -1.27. The quantitative estimate of drug-likeness (QED) is 0.698. The van der Waals surface area contributed by atoms with Crippen LogP contribution in [-0.4, -0.2) is 58.3 Å². The van der Waals surface area contributed by atoms with E-state index >= 15 is 0 Å². The zero-order valence-corrected chi connectivity index (χ0v) is 10.7. The molecule has 7 nitrogen and oxygen atoms in total. The van der Waals surface area contributed by atoms with Crippen molar-refractivity contribution in [3.63, 3.8) is 0 Å². The summed E-state index contributed by atoms with van der Waals surface area (Å²) in [5, 5.41) is 10.3. The summed E-state index contributed by atoms with van der Waals surface area (Å²) in [4.78, 5) is 18.0. The first-order valence-electron chi connectivity index (χ1n) is 6.28. The highest BCUT2D eigenvalue weighted by molar-refractivity contribution is 5.77. The van der Waals surface area contributed by atoms with E-state index in [0.717, 1.165) is 32.6 Å². The molecular formula is C11H20N6O. The van der Waals surface area contributed by atoms with Crippen LogP contribution in [0.15, 0.2) is 6.33 Å². The predicted molar refractivity (Wildman–Crippen MR) is 66.8 cm³/mol. The number of nitrogens with zero attached hydrogens (tertiary/aromatic N) is 4. The summed E-state index contributed by atoms with van der Waals surface area (Å²) in [6, 6.07) is 0. The Morgan fingerprint density at radius 1 is 1.50 bits per heavy atom. The Morgan fingerprint density at radius 3 is 3.17 bits per heavy atom. The topological polar surface area (TPSA) is 75.1 Å². The van der Waals surface area contributed by atoms with Gasteiger partial charge >= 0.3 is 0 Å². The van der Waals surface area contributed by atoms with Gasteiger partial charge in [0.15, 0.2) is 5.82 Å². The minimum Gasteiger partial charge on any atom is -0.348 e. The third kappa shape index (κ3) is 4.08.